The quantitative estimate of drug-likeness (QED) is 0.603. The van der Waals surface area contributed by atoms with Gasteiger partial charge in [-0.25, -0.2) is 12.4 Å². The molecule has 0 aromatic carbocycles. The summed E-state index contributed by atoms with van der Waals surface area (Å²) in [6.45, 7) is 0. The lowest BCUT2D eigenvalue weighted by atomic mass is 10.5. The number of hydrogen-bond donors (Lipinski definition) is 0. The maximum atomic E-state index is 10.9. The van der Waals surface area contributed by atoms with Crippen molar-refractivity contribution in [3.63, 3.8) is 0 Å². The average molecular weight is 170 g/mol. The third-order valence-electron chi connectivity index (χ3n) is 1.18. The van der Waals surface area contributed by atoms with Gasteiger partial charge in [-0.15, -0.1) is 0 Å². The fourth-order valence-electron chi connectivity index (χ4n) is 0.742. The summed E-state index contributed by atoms with van der Waals surface area (Å²) >= 11 is 0. The molecule has 0 unspecified atom stereocenters. The third-order valence-corrected chi connectivity index (χ3v) is 2.22. The van der Waals surface area contributed by atoms with Crippen LogP contribution in [0.3, 0.4) is 0 Å². The molecule has 0 saturated heterocycles. The van der Waals surface area contributed by atoms with Crippen molar-refractivity contribution in [1.82, 2.24) is 3.97 Å². The molecule has 11 heavy (non-hydrogen) atoms. The number of nitrogens with zero attached hydrogens (tertiary/aromatic N) is 2. The standard InChI is InChI=1S/C6H6N2O2S/c1-11(9,10)8-4-2-3-6(8)5-7/h2-4H,1H3. The van der Waals surface area contributed by atoms with E-state index in [-0.39, 0.29) is 5.69 Å². The molecule has 1 aromatic rings. The summed E-state index contributed by atoms with van der Waals surface area (Å²) in [7, 11) is -3.31. The summed E-state index contributed by atoms with van der Waals surface area (Å²) in [5.41, 5.74) is 0.132. The molecule has 1 rings (SSSR count). The monoisotopic (exact) mass is 170 g/mol. The van der Waals surface area contributed by atoms with Crippen LogP contribution in [0.4, 0.5) is 0 Å². The Bertz CT molecular complexity index is 396. The lowest BCUT2D eigenvalue weighted by molar-refractivity contribution is 0.593. The van der Waals surface area contributed by atoms with Gasteiger partial charge in [0.2, 0.25) is 10.0 Å². The van der Waals surface area contributed by atoms with Crippen molar-refractivity contribution in [3.05, 3.63) is 24.0 Å². The molecule has 0 radical (unpaired) electrons. The zero-order valence-electron chi connectivity index (χ0n) is 5.85. The van der Waals surface area contributed by atoms with Crippen LogP contribution in [0.5, 0.6) is 0 Å². The summed E-state index contributed by atoms with van der Waals surface area (Å²) in [6.07, 6.45) is 2.39. The number of hydrogen-bond acceptors (Lipinski definition) is 3. The van der Waals surface area contributed by atoms with Crippen molar-refractivity contribution >= 4 is 10.0 Å². The summed E-state index contributed by atoms with van der Waals surface area (Å²) in [4.78, 5) is 0. The van der Waals surface area contributed by atoms with Crippen molar-refractivity contribution < 1.29 is 8.42 Å². The van der Waals surface area contributed by atoms with Crippen LogP contribution in [0.1, 0.15) is 5.69 Å². The Labute approximate surface area is 64.7 Å². The Hall–Kier alpha value is -1.28. The highest BCUT2D eigenvalue weighted by Gasteiger charge is 2.07. The van der Waals surface area contributed by atoms with Gasteiger partial charge in [0, 0.05) is 6.20 Å². The molecular formula is C6H6N2O2S. The van der Waals surface area contributed by atoms with Crippen LogP contribution in [0.2, 0.25) is 0 Å². The summed E-state index contributed by atoms with van der Waals surface area (Å²) in [5, 5.41) is 8.44. The van der Waals surface area contributed by atoms with E-state index in [0.717, 1.165) is 10.2 Å². The Kier molecular flexibility index (Phi) is 1.71. The first-order valence-electron chi connectivity index (χ1n) is 2.83. The molecule has 0 aliphatic heterocycles. The van der Waals surface area contributed by atoms with Gasteiger partial charge >= 0.3 is 0 Å². The molecular weight excluding hydrogens is 164 g/mol. The second kappa shape index (κ2) is 2.40. The average Bonchev–Trinajstić information content (AvgIpc) is 2.31. The lowest BCUT2D eigenvalue weighted by Crippen LogP contribution is -2.10. The second-order valence-corrected chi connectivity index (χ2v) is 3.92. The van der Waals surface area contributed by atoms with Crippen molar-refractivity contribution in [2.45, 2.75) is 0 Å². The van der Waals surface area contributed by atoms with E-state index in [9.17, 15) is 8.42 Å². The SMILES string of the molecule is CS(=O)(=O)n1cccc1C#N. The Morgan fingerprint density at radius 1 is 1.64 bits per heavy atom. The van der Waals surface area contributed by atoms with E-state index in [2.05, 4.69) is 0 Å². The van der Waals surface area contributed by atoms with E-state index >= 15 is 0 Å². The van der Waals surface area contributed by atoms with E-state index in [1.54, 1.807) is 6.07 Å². The summed E-state index contributed by atoms with van der Waals surface area (Å²) < 4.78 is 22.7. The smallest absolute Gasteiger partial charge is 0.236 e. The molecule has 0 fully saturated rings. The normalized spacial score (nSPS) is 10.9. The molecule has 4 nitrogen and oxygen atoms in total. The van der Waals surface area contributed by atoms with Crippen molar-refractivity contribution in [2.24, 2.45) is 0 Å². The maximum Gasteiger partial charge on any atom is 0.236 e. The van der Waals surface area contributed by atoms with Crippen LogP contribution in [-0.4, -0.2) is 18.6 Å². The van der Waals surface area contributed by atoms with Crippen LogP contribution < -0.4 is 0 Å². The van der Waals surface area contributed by atoms with Gasteiger partial charge < -0.3 is 0 Å². The van der Waals surface area contributed by atoms with Gasteiger partial charge in [-0.2, -0.15) is 5.26 Å². The molecule has 0 bridgehead atoms. The Morgan fingerprint density at radius 3 is 2.64 bits per heavy atom. The molecule has 0 aliphatic carbocycles. The molecule has 58 valence electrons. The predicted molar refractivity (Wildman–Crippen MR) is 39.4 cm³/mol. The van der Waals surface area contributed by atoms with Crippen molar-refractivity contribution in [1.29, 1.82) is 5.26 Å². The van der Waals surface area contributed by atoms with Gasteiger partial charge in [0.15, 0.2) is 0 Å². The van der Waals surface area contributed by atoms with Gasteiger partial charge in [-0.1, -0.05) is 0 Å². The van der Waals surface area contributed by atoms with Crippen molar-refractivity contribution in [3.8, 4) is 6.07 Å². The summed E-state index contributed by atoms with van der Waals surface area (Å²) in [5.74, 6) is 0. The first-order chi connectivity index (χ1) is 5.05. The van der Waals surface area contributed by atoms with E-state index < -0.39 is 10.0 Å². The highest BCUT2D eigenvalue weighted by molar-refractivity contribution is 7.89. The number of nitriles is 1. The molecule has 1 aromatic heterocycles. The number of aromatic nitrogens is 1. The van der Waals surface area contributed by atoms with Gasteiger partial charge in [0.05, 0.1) is 6.26 Å². The van der Waals surface area contributed by atoms with Crippen LogP contribution >= 0.6 is 0 Å². The topological polar surface area (TPSA) is 62.9 Å². The molecule has 0 amide bonds. The minimum atomic E-state index is -3.31. The molecule has 0 aliphatic rings. The molecule has 0 saturated carbocycles. The van der Waals surface area contributed by atoms with Crippen molar-refractivity contribution in [2.75, 3.05) is 6.26 Å². The molecule has 1 heterocycles. The van der Waals surface area contributed by atoms with E-state index in [4.69, 9.17) is 5.26 Å². The van der Waals surface area contributed by atoms with Crippen LogP contribution in [0.25, 0.3) is 0 Å². The molecule has 0 atom stereocenters. The van der Waals surface area contributed by atoms with Crippen LogP contribution in [0, 0.1) is 11.3 Å². The fourth-order valence-corrected chi connectivity index (χ4v) is 1.49. The minimum absolute atomic E-state index is 0.132. The first-order valence-corrected chi connectivity index (χ1v) is 4.68. The molecule has 0 N–H and O–H groups in total. The highest BCUT2D eigenvalue weighted by atomic mass is 32.2. The predicted octanol–water partition coefficient (Wildman–Crippen LogP) is 0.167. The van der Waals surface area contributed by atoms with Gasteiger partial charge in [-0.3, -0.25) is 0 Å². The first kappa shape index (κ1) is 7.82. The van der Waals surface area contributed by atoms with Gasteiger partial charge in [0.1, 0.15) is 11.8 Å². The Balaban J connectivity index is 3.39. The van der Waals surface area contributed by atoms with Crippen LogP contribution in [-0.2, 0) is 10.0 Å². The molecule has 0 spiro atoms. The minimum Gasteiger partial charge on any atom is -0.236 e. The lowest BCUT2D eigenvalue weighted by Gasteiger charge is -1.98. The van der Waals surface area contributed by atoms with E-state index in [0.29, 0.717) is 0 Å². The third kappa shape index (κ3) is 1.41. The zero-order chi connectivity index (χ0) is 8.48. The fraction of sp³-hybridized carbons (Fsp3) is 0.167. The maximum absolute atomic E-state index is 10.9. The second-order valence-electron chi connectivity index (χ2n) is 2.06. The zero-order valence-corrected chi connectivity index (χ0v) is 6.67. The Morgan fingerprint density at radius 2 is 2.27 bits per heavy atom. The van der Waals surface area contributed by atoms with E-state index in [1.807, 2.05) is 0 Å². The van der Waals surface area contributed by atoms with Gasteiger partial charge in [-0.05, 0) is 12.1 Å². The highest BCUT2D eigenvalue weighted by Crippen LogP contribution is 2.02. The van der Waals surface area contributed by atoms with Crippen LogP contribution in [0.15, 0.2) is 18.3 Å². The van der Waals surface area contributed by atoms with E-state index in [1.165, 1.54) is 18.3 Å². The number of rotatable bonds is 1. The molecule has 5 heteroatoms. The summed E-state index contributed by atoms with van der Waals surface area (Å²) in [6, 6.07) is 4.72. The largest absolute Gasteiger partial charge is 0.236 e. The van der Waals surface area contributed by atoms with Gasteiger partial charge in [0.25, 0.3) is 0 Å².